The van der Waals surface area contributed by atoms with Gasteiger partial charge in [-0.2, -0.15) is 4.98 Å². The standard InChI is InChI=1S/C32H29FN5O6S/c1-19(21-6-11-24(33)12-7-21)30(39)34-25-13-8-22(9-14-25)23-10-17-28-35-31(36-37(28)18-23)38(32(40)44-4)26-15-16-27(45(5,41)42)20(2)29(26)43-3/h6-19H,4H2,1-3,5H3,(H,34,39)/t19-/m1/s1. The zero-order valence-electron chi connectivity index (χ0n) is 24.8. The summed E-state index contributed by atoms with van der Waals surface area (Å²) in [5.74, 6) is -0.997. The quantitative estimate of drug-likeness (QED) is 0.219. The average Bonchev–Trinajstić information content (AvgIpc) is 3.43. The van der Waals surface area contributed by atoms with Crippen LogP contribution in [-0.2, 0) is 19.4 Å². The predicted octanol–water partition coefficient (Wildman–Crippen LogP) is 6.06. The molecule has 13 heteroatoms. The Bertz CT molecular complexity index is 2010. The van der Waals surface area contributed by atoms with E-state index >= 15 is 0 Å². The number of ether oxygens (including phenoxy) is 2. The normalized spacial score (nSPS) is 12.0. The van der Waals surface area contributed by atoms with Gasteiger partial charge in [0.25, 0.3) is 5.95 Å². The Morgan fingerprint density at radius 2 is 1.67 bits per heavy atom. The van der Waals surface area contributed by atoms with E-state index in [0.29, 0.717) is 22.5 Å². The van der Waals surface area contributed by atoms with E-state index in [-0.39, 0.29) is 34.0 Å². The van der Waals surface area contributed by atoms with Gasteiger partial charge in [-0.25, -0.2) is 27.0 Å². The summed E-state index contributed by atoms with van der Waals surface area (Å²) in [4.78, 5) is 31.2. The average molecular weight is 631 g/mol. The highest BCUT2D eigenvalue weighted by atomic mass is 32.2. The first-order chi connectivity index (χ1) is 21.4. The molecule has 0 saturated carbocycles. The van der Waals surface area contributed by atoms with E-state index in [1.165, 1.54) is 35.9 Å². The van der Waals surface area contributed by atoms with Crippen LogP contribution in [-0.4, -0.2) is 48.4 Å². The first-order valence-corrected chi connectivity index (χ1v) is 15.5. The smallest absolute Gasteiger partial charge is 0.421 e. The van der Waals surface area contributed by atoms with Crippen LogP contribution >= 0.6 is 0 Å². The van der Waals surface area contributed by atoms with Gasteiger partial charge in [0.1, 0.15) is 18.7 Å². The van der Waals surface area contributed by atoms with Gasteiger partial charge in [-0.3, -0.25) is 4.79 Å². The maximum absolute atomic E-state index is 13.2. The lowest BCUT2D eigenvalue weighted by molar-refractivity contribution is -0.117. The summed E-state index contributed by atoms with van der Waals surface area (Å²) >= 11 is 0. The zero-order valence-corrected chi connectivity index (χ0v) is 25.6. The number of pyridine rings is 1. The molecule has 5 aromatic rings. The van der Waals surface area contributed by atoms with E-state index in [1.54, 1.807) is 50.4 Å². The molecule has 0 spiro atoms. The second-order valence-electron chi connectivity index (χ2n) is 10.2. The maximum atomic E-state index is 13.2. The molecular weight excluding hydrogens is 601 g/mol. The largest absolute Gasteiger partial charge is 0.494 e. The number of carbonyl (C=O) groups is 2. The molecule has 0 unspecified atom stereocenters. The topological polar surface area (TPSA) is 132 Å². The minimum absolute atomic E-state index is 0.0478. The van der Waals surface area contributed by atoms with E-state index in [2.05, 4.69) is 22.5 Å². The van der Waals surface area contributed by atoms with E-state index in [1.807, 2.05) is 18.2 Å². The molecule has 3 aromatic carbocycles. The highest BCUT2D eigenvalue weighted by Crippen LogP contribution is 2.39. The molecule has 45 heavy (non-hydrogen) atoms. The summed E-state index contributed by atoms with van der Waals surface area (Å²) in [7, 11) is 1.01. The third-order valence-electron chi connectivity index (χ3n) is 7.25. The Labute approximate surface area is 259 Å². The number of carbonyl (C=O) groups excluding carboxylic acids is 2. The van der Waals surface area contributed by atoms with Crippen molar-refractivity contribution in [2.75, 3.05) is 23.6 Å². The molecule has 0 aliphatic carbocycles. The number of hydrogen-bond acceptors (Lipinski definition) is 8. The lowest BCUT2D eigenvalue weighted by Crippen LogP contribution is -2.27. The lowest BCUT2D eigenvalue weighted by atomic mass is 10.00. The Hall–Kier alpha value is -5.30. The van der Waals surface area contributed by atoms with Crippen LogP contribution < -0.4 is 15.0 Å². The number of benzene rings is 3. The number of anilines is 3. The van der Waals surface area contributed by atoms with E-state index in [4.69, 9.17) is 9.47 Å². The Morgan fingerprint density at radius 3 is 2.29 bits per heavy atom. The van der Waals surface area contributed by atoms with Crippen LogP contribution in [0, 0.1) is 19.9 Å². The molecule has 2 amide bonds. The number of nitrogens with one attached hydrogen (secondary N) is 1. The van der Waals surface area contributed by atoms with Crippen molar-refractivity contribution in [2.24, 2.45) is 0 Å². The summed E-state index contributed by atoms with van der Waals surface area (Å²) in [6.07, 6.45) is 1.89. The monoisotopic (exact) mass is 630 g/mol. The van der Waals surface area contributed by atoms with Gasteiger partial charge < -0.3 is 14.8 Å². The number of halogens is 1. The Morgan fingerprint density at radius 1 is 1.00 bits per heavy atom. The molecule has 1 atom stereocenters. The molecule has 2 aromatic heterocycles. The van der Waals surface area contributed by atoms with Crippen molar-refractivity contribution in [3.63, 3.8) is 0 Å². The summed E-state index contributed by atoms with van der Waals surface area (Å²) < 4.78 is 49.5. The third kappa shape index (κ3) is 6.34. The van der Waals surface area contributed by atoms with Crippen LogP contribution in [0.2, 0.25) is 0 Å². The number of aromatic nitrogens is 3. The number of rotatable bonds is 8. The highest BCUT2D eigenvalue weighted by molar-refractivity contribution is 7.90. The fourth-order valence-electron chi connectivity index (χ4n) is 4.88. The zero-order chi connectivity index (χ0) is 32.5. The van der Waals surface area contributed by atoms with Crippen molar-refractivity contribution in [3.8, 4) is 16.9 Å². The predicted molar refractivity (Wildman–Crippen MR) is 167 cm³/mol. The van der Waals surface area contributed by atoms with Crippen LogP contribution in [0.25, 0.3) is 16.8 Å². The number of sulfone groups is 1. The second kappa shape index (κ2) is 12.4. The van der Waals surface area contributed by atoms with Gasteiger partial charge in [-0.15, -0.1) is 5.10 Å². The minimum atomic E-state index is -3.57. The van der Waals surface area contributed by atoms with E-state index in [9.17, 15) is 22.4 Å². The van der Waals surface area contributed by atoms with Crippen LogP contribution in [0.15, 0.2) is 83.9 Å². The number of amides is 2. The molecule has 0 aliphatic rings. The Kier molecular flexibility index (Phi) is 8.55. The first-order valence-electron chi connectivity index (χ1n) is 13.6. The summed E-state index contributed by atoms with van der Waals surface area (Å²) in [6, 6.07) is 19.3. The van der Waals surface area contributed by atoms with Crippen LogP contribution in [0.5, 0.6) is 5.75 Å². The summed E-state index contributed by atoms with van der Waals surface area (Å²) in [6.45, 7) is 3.32. The second-order valence-corrected chi connectivity index (χ2v) is 12.2. The molecule has 0 aliphatic heterocycles. The molecule has 1 radical (unpaired) electrons. The van der Waals surface area contributed by atoms with Crippen molar-refractivity contribution in [2.45, 2.75) is 24.7 Å². The van der Waals surface area contributed by atoms with Crippen molar-refractivity contribution in [3.05, 3.63) is 103 Å². The van der Waals surface area contributed by atoms with E-state index < -0.39 is 21.8 Å². The molecule has 0 bridgehead atoms. The fourth-order valence-corrected chi connectivity index (χ4v) is 5.85. The van der Waals surface area contributed by atoms with Gasteiger partial charge >= 0.3 is 6.09 Å². The van der Waals surface area contributed by atoms with Gasteiger partial charge in [0.2, 0.25) is 5.91 Å². The SMILES string of the molecule is [CH2]OC(=O)N(c1nc2ccc(-c3ccc(NC(=O)[C@H](C)c4ccc(F)cc4)cc3)cn2n1)c1ccc(S(C)(=O)=O)c(C)c1OC. The maximum Gasteiger partial charge on any atom is 0.421 e. The van der Waals surface area contributed by atoms with Gasteiger partial charge in [0, 0.05) is 29.3 Å². The van der Waals surface area contributed by atoms with Gasteiger partial charge in [-0.1, -0.05) is 24.3 Å². The molecule has 0 fully saturated rings. The lowest BCUT2D eigenvalue weighted by Gasteiger charge is -2.22. The fraction of sp³-hybridized carbons (Fsp3) is 0.156. The van der Waals surface area contributed by atoms with Gasteiger partial charge in [0.05, 0.1) is 23.6 Å². The van der Waals surface area contributed by atoms with Crippen LogP contribution in [0.4, 0.5) is 26.5 Å². The summed E-state index contributed by atoms with van der Waals surface area (Å²) in [5, 5.41) is 7.36. The third-order valence-corrected chi connectivity index (χ3v) is 8.50. The minimum Gasteiger partial charge on any atom is -0.494 e. The molecule has 231 valence electrons. The molecule has 11 nitrogen and oxygen atoms in total. The molecule has 0 saturated heterocycles. The number of hydrogen-bond donors (Lipinski definition) is 1. The van der Waals surface area contributed by atoms with Gasteiger partial charge in [-0.05, 0) is 73.5 Å². The number of nitrogens with zero attached hydrogens (tertiary/aromatic N) is 4. The van der Waals surface area contributed by atoms with Crippen molar-refractivity contribution in [1.29, 1.82) is 0 Å². The molecule has 2 heterocycles. The van der Waals surface area contributed by atoms with Crippen molar-refractivity contribution >= 4 is 44.8 Å². The molecule has 1 N–H and O–H groups in total. The van der Waals surface area contributed by atoms with Crippen LogP contribution in [0.3, 0.4) is 0 Å². The molecule has 5 rings (SSSR count). The molecular formula is C32H29FN5O6S. The van der Waals surface area contributed by atoms with Gasteiger partial charge in [0.15, 0.2) is 15.5 Å². The van der Waals surface area contributed by atoms with Crippen molar-refractivity contribution in [1.82, 2.24) is 14.6 Å². The number of fused-ring (bicyclic) bond motifs is 1. The van der Waals surface area contributed by atoms with E-state index in [0.717, 1.165) is 22.3 Å². The van der Waals surface area contributed by atoms with Crippen LogP contribution in [0.1, 0.15) is 24.0 Å². The first kappa shape index (κ1) is 31.1. The van der Waals surface area contributed by atoms with Crippen molar-refractivity contribution < 1.29 is 31.9 Å². The Balaban J connectivity index is 1.42. The highest BCUT2D eigenvalue weighted by Gasteiger charge is 2.29. The number of methoxy groups -OCH3 is 1. The summed E-state index contributed by atoms with van der Waals surface area (Å²) in [5.41, 5.74) is 3.77.